The summed E-state index contributed by atoms with van der Waals surface area (Å²) in [6.07, 6.45) is 1.60. The molecule has 1 aromatic carbocycles. The van der Waals surface area contributed by atoms with Gasteiger partial charge in [-0.1, -0.05) is 6.07 Å². The summed E-state index contributed by atoms with van der Waals surface area (Å²) in [6, 6.07) is 2.58. The van der Waals surface area contributed by atoms with Crippen molar-refractivity contribution in [3.05, 3.63) is 33.4 Å². The van der Waals surface area contributed by atoms with Crippen LogP contribution in [0.3, 0.4) is 0 Å². The van der Waals surface area contributed by atoms with E-state index < -0.39 is 14.9 Å². The molecule has 1 atom stereocenters. The van der Waals surface area contributed by atoms with E-state index in [0.717, 1.165) is 19.4 Å². The van der Waals surface area contributed by atoms with Gasteiger partial charge in [-0.05, 0) is 44.4 Å². The summed E-state index contributed by atoms with van der Waals surface area (Å²) in [4.78, 5) is 10.2. The van der Waals surface area contributed by atoms with Gasteiger partial charge in [0.15, 0.2) is 4.90 Å². The predicted molar refractivity (Wildman–Crippen MR) is 78.8 cm³/mol. The smallest absolute Gasteiger partial charge is 0.289 e. The van der Waals surface area contributed by atoms with Crippen LogP contribution in [0.2, 0.25) is 0 Å². The molecular weight excluding hydrogens is 294 g/mol. The Labute approximate surface area is 123 Å². The first kappa shape index (κ1) is 15.9. The predicted octanol–water partition coefficient (Wildman–Crippen LogP) is 1.24. The Morgan fingerprint density at radius 2 is 2.10 bits per heavy atom. The molecule has 0 radical (unpaired) electrons. The molecule has 0 aliphatic carbocycles. The molecule has 0 saturated carbocycles. The third kappa shape index (κ3) is 3.39. The van der Waals surface area contributed by atoms with Crippen molar-refractivity contribution in [2.75, 3.05) is 13.1 Å². The molecule has 0 spiro atoms. The van der Waals surface area contributed by atoms with Crippen molar-refractivity contribution in [2.45, 2.75) is 37.6 Å². The van der Waals surface area contributed by atoms with Gasteiger partial charge in [0.05, 0.1) is 4.92 Å². The van der Waals surface area contributed by atoms with Crippen molar-refractivity contribution in [3.63, 3.8) is 0 Å². The highest BCUT2D eigenvalue weighted by Crippen LogP contribution is 2.29. The van der Waals surface area contributed by atoms with Gasteiger partial charge in [0, 0.05) is 18.7 Å². The third-order valence-corrected chi connectivity index (χ3v) is 5.44. The molecule has 1 aliphatic heterocycles. The number of nitro benzene ring substituents is 1. The summed E-state index contributed by atoms with van der Waals surface area (Å²) >= 11 is 0. The van der Waals surface area contributed by atoms with Crippen LogP contribution >= 0.6 is 0 Å². The molecule has 7 nitrogen and oxygen atoms in total. The standard InChI is InChI=1S/C13H19N3O4S/c1-9-5-6-12(16(17)18)13(10(9)2)21(19,20)15-11-4-3-7-14-8-11/h5-6,11,14-15H,3-4,7-8H2,1-2H3. The second-order valence-corrected chi connectivity index (χ2v) is 6.93. The fourth-order valence-corrected chi connectivity index (χ4v) is 4.23. The number of aryl methyl sites for hydroxylation is 1. The molecule has 2 N–H and O–H groups in total. The van der Waals surface area contributed by atoms with Gasteiger partial charge in [-0.2, -0.15) is 0 Å². The van der Waals surface area contributed by atoms with Crippen molar-refractivity contribution in [1.82, 2.24) is 10.0 Å². The van der Waals surface area contributed by atoms with Crippen LogP contribution < -0.4 is 10.0 Å². The van der Waals surface area contributed by atoms with E-state index in [1.807, 2.05) is 0 Å². The molecule has 1 unspecified atom stereocenters. The molecule has 1 aliphatic rings. The number of nitro groups is 1. The lowest BCUT2D eigenvalue weighted by molar-refractivity contribution is -0.387. The van der Waals surface area contributed by atoms with Crippen LogP contribution in [0.4, 0.5) is 5.69 Å². The third-order valence-electron chi connectivity index (χ3n) is 3.74. The van der Waals surface area contributed by atoms with Gasteiger partial charge in [0.1, 0.15) is 0 Å². The zero-order valence-electron chi connectivity index (χ0n) is 12.0. The fourth-order valence-electron chi connectivity index (χ4n) is 2.49. The van der Waals surface area contributed by atoms with Crippen LogP contribution in [0.15, 0.2) is 17.0 Å². The number of nitrogens with one attached hydrogen (secondary N) is 2. The van der Waals surface area contributed by atoms with E-state index in [1.165, 1.54) is 6.07 Å². The quantitative estimate of drug-likeness (QED) is 0.643. The average Bonchev–Trinajstić information content (AvgIpc) is 2.41. The number of piperidine rings is 1. The van der Waals surface area contributed by atoms with Crippen molar-refractivity contribution >= 4 is 15.7 Å². The maximum absolute atomic E-state index is 12.6. The van der Waals surface area contributed by atoms with E-state index in [2.05, 4.69) is 10.0 Å². The van der Waals surface area contributed by atoms with Gasteiger partial charge < -0.3 is 5.32 Å². The second-order valence-electron chi connectivity index (χ2n) is 5.28. The highest BCUT2D eigenvalue weighted by atomic mass is 32.2. The van der Waals surface area contributed by atoms with Gasteiger partial charge in [-0.15, -0.1) is 0 Å². The molecule has 1 heterocycles. The summed E-state index contributed by atoms with van der Waals surface area (Å²) in [6.45, 7) is 4.73. The number of hydrogen-bond acceptors (Lipinski definition) is 5. The van der Waals surface area contributed by atoms with Crippen LogP contribution in [0.5, 0.6) is 0 Å². The highest BCUT2D eigenvalue weighted by molar-refractivity contribution is 7.89. The minimum atomic E-state index is -3.92. The second kappa shape index (κ2) is 6.08. The van der Waals surface area contributed by atoms with E-state index in [4.69, 9.17) is 0 Å². The Morgan fingerprint density at radius 3 is 2.67 bits per heavy atom. The fraction of sp³-hybridized carbons (Fsp3) is 0.538. The van der Waals surface area contributed by atoms with Crippen molar-refractivity contribution in [3.8, 4) is 0 Å². The molecule has 116 valence electrons. The van der Waals surface area contributed by atoms with Crippen LogP contribution in [0.1, 0.15) is 24.0 Å². The molecule has 0 bridgehead atoms. The minimum absolute atomic E-state index is 0.224. The first-order chi connectivity index (χ1) is 9.83. The summed E-state index contributed by atoms with van der Waals surface area (Å²) in [5.41, 5.74) is 0.748. The maximum Gasteiger partial charge on any atom is 0.289 e. The Balaban J connectivity index is 2.43. The van der Waals surface area contributed by atoms with E-state index in [1.54, 1.807) is 19.9 Å². The molecule has 1 aromatic rings. The minimum Gasteiger partial charge on any atom is -0.315 e. The van der Waals surface area contributed by atoms with E-state index in [0.29, 0.717) is 17.7 Å². The monoisotopic (exact) mass is 313 g/mol. The van der Waals surface area contributed by atoms with E-state index >= 15 is 0 Å². The summed E-state index contributed by atoms with van der Waals surface area (Å²) in [7, 11) is -3.92. The zero-order chi connectivity index (χ0) is 15.6. The highest BCUT2D eigenvalue weighted by Gasteiger charge is 2.31. The number of rotatable bonds is 4. The van der Waals surface area contributed by atoms with Gasteiger partial charge in [-0.3, -0.25) is 10.1 Å². The first-order valence-electron chi connectivity index (χ1n) is 6.80. The number of sulfonamides is 1. The van der Waals surface area contributed by atoms with E-state index in [9.17, 15) is 18.5 Å². The van der Waals surface area contributed by atoms with Gasteiger partial charge in [0.2, 0.25) is 10.0 Å². The molecule has 21 heavy (non-hydrogen) atoms. The molecule has 0 aromatic heterocycles. The molecule has 2 rings (SSSR count). The van der Waals surface area contributed by atoms with Crippen molar-refractivity contribution in [2.24, 2.45) is 0 Å². The molecule has 8 heteroatoms. The lowest BCUT2D eigenvalue weighted by Crippen LogP contribution is -2.45. The SMILES string of the molecule is Cc1ccc([N+](=O)[O-])c(S(=O)(=O)NC2CCCNC2)c1C. The Morgan fingerprint density at radius 1 is 1.38 bits per heavy atom. The maximum atomic E-state index is 12.6. The van der Waals surface area contributed by atoms with Crippen LogP contribution in [-0.2, 0) is 10.0 Å². The summed E-state index contributed by atoms with van der Waals surface area (Å²) in [5.74, 6) is 0. The lowest BCUT2D eigenvalue weighted by atomic mass is 10.1. The number of hydrogen-bond donors (Lipinski definition) is 2. The Hall–Kier alpha value is -1.51. The zero-order valence-corrected chi connectivity index (χ0v) is 12.9. The normalized spacial score (nSPS) is 19.4. The number of nitrogens with zero attached hydrogens (tertiary/aromatic N) is 1. The number of benzene rings is 1. The van der Waals surface area contributed by atoms with E-state index in [-0.39, 0.29) is 16.6 Å². The molecule has 0 amide bonds. The topological polar surface area (TPSA) is 101 Å². The first-order valence-corrected chi connectivity index (χ1v) is 8.29. The molecule has 1 saturated heterocycles. The van der Waals surface area contributed by atoms with Gasteiger partial charge in [-0.25, -0.2) is 13.1 Å². The van der Waals surface area contributed by atoms with Crippen molar-refractivity contribution in [1.29, 1.82) is 0 Å². The average molecular weight is 313 g/mol. The Kier molecular flexibility index (Phi) is 4.60. The van der Waals surface area contributed by atoms with Gasteiger partial charge in [0.25, 0.3) is 5.69 Å². The Bertz CT molecular complexity index is 652. The van der Waals surface area contributed by atoms with Crippen LogP contribution in [0.25, 0.3) is 0 Å². The van der Waals surface area contributed by atoms with Gasteiger partial charge >= 0.3 is 0 Å². The van der Waals surface area contributed by atoms with Crippen molar-refractivity contribution < 1.29 is 13.3 Å². The lowest BCUT2D eigenvalue weighted by Gasteiger charge is -2.24. The summed E-state index contributed by atoms with van der Waals surface area (Å²) in [5, 5.41) is 14.2. The summed E-state index contributed by atoms with van der Waals surface area (Å²) < 4.78 is 27.7. The van der Waals surface area contributed by atoms with Crippen LogP contribution in [0, 0.1) is 24.0 Å². The largest absolute Gasteiger partial charge is 0.315 e. The molecule has 1 fully saturated rings. The molecular formula is C13H19N3O4S. The van der Waals surface area contributed by atoms with Crippen LogP contribution in [-0.4, -0.2) is 32.5 Å².